The van der Waals surface area contributed by atoms with Crippen LogP contribution in [0.3, 0.4) is 0 Å². The van der Waals surface area contributed by atoms with Crippen molar-refractivity contribution in [2.75, 3.05) is 16.8 Å². The zero-order valence-electron chi connectivity index (χ0n) is 9.97. The number of nitrogens with zero attached hydrogens (tertiary/aromatic N) is 1. The first-order valence-corrected chi connectivity index (χ1v) is 6.99. The highest BCUT2D eigenvalue weighted by Crippen LogP contribution is 2.17. The van der Waals surface area contributed by atoms with E-state index in [1.54, 1.807) is 6.20 Å². The fourth-order valence-electron chi connectivity index (χ4n) is 1.93. The maximum Gasteiger partial charge on any atom is 0.247 e. The molecule has 1 saturated heterocycles. The molecule has 0 radical (unpaired) electrons. The molecular formula is C12H12N4O2S. The minimum Gasteiger partial charge on any atom is -0.343 e. The number of hydrogen-bond donors (Lipinski definition) is 3. The van der Waals surface area contributed by atoms with Crippen molar-refractivity contribution in [1.82, 2.24) is 15.5 Å². The smallest absolute Gasteiger partial charge is 0.247 e. The Balaban J connectivity index is 1.72. The van der Waals surface area contributed by atoms with E-state index in [0.717, 1.165) is 10.9 Å². The number of anilines is 1. The summed E-state index contributed by atoms with van der Waals surface area (Å²) in [5.74, 6) is 0.730. The van der Waals surface area contributed by atoms with Crippen molar-refractivity contribution >= 4 is 40.2 Å². The first-order valence-electron chi connectivity index (χ1n) is 5.83. The number of carbonyl (C=O) groups is 2. The van der Waals surface area contributed by atoms with Crippen LogP contribution in [-0.4, -0.2) is 39.6 Å². The van der Waals surface area contributed by atoms with E-state index in [4.69, 9.17) is 0 Å². The number of aromatic nitrogens is 2. The molecular weight excluding hydrogens is 264 g/mol. The Bertz CT molecular complexity index is 639. The van der Waals surface area contributed by atoms with Crippen molar-refractivity contribution < 1.29 is 9.59 Å². The Hall–Kier alpha value is -2.02. The molecule has 2 aromatic rings. The van der Waals surface area contributed by atoms with E-state index in [-0.39, 0.29) is 11.8 Å². The lowest BCUT2D eigenvalue weighted by atomic mass is 10.2. The van der Waals surface area contributed by atoms with Crippen molar-refractivity contribution in [3.05, 3.63) is 24.4 Å². The lowest BCUT2D eigenvalue weighted by Gasteiger charge is -2.22. The van der Waals surface area contributed by atoms with Crippen LogP contribution in [0.1, 0.15) is 0 Å². The van der Waals surface area contributed by atoms with Crippen molar-refractivity contribution in [1.29, 1.82) is 0 Å². The number of nitrogens with one attached hydrogen (secondary N) is 3. The highest BCUT2D eigenvalue weighted by Gasteiger charge is 2.25. The van der Waals surface area contributed by atoms with Gasteiger partial charge in [0.25, 0.3) is 0 Å². The van der Waals surface area contributed by atoms with E-state index in [1.165, 1.54) is 11.8 Å². The van der Waals surface area contributed by atoms with Crippen LogP contribution in [0.5, 0.6) is 0 Å². The van der Waals surface area contributed by atoms with E-state index >= 15 is 0 Å². The molecule has 98 valence electrons. The SMILES string of the molecule is O=C1CSCC(C(=O)Nc2ccc3cn[nH]c3c2)N1. The van der Waals surface area contributed by atoms with Gasteiger partial charge in [0.15, 0.2) is 0 Å². The average Bonchev–Trinajstić information content (AvgIpc) is 2.86. The number of rotatable bonds is 2. The number of carbonyl (C=O) groups excluding carboxylic acids is 2. The molecule has 2 amide bonds. The largest absolute Gasteiger partial charge is 0.343 e. The molecule has 2 heterocycles. The summed E-state index contributed by atoms with van der Waals surface area (Å²) < 4.78 is 0. The molecule has 1 aromatic heterocycles. The molecule has 3 N–H and O–H groups in total. The highest BCUT2D eigenvalue weighted by molar-refractivity contribution is 8.00. The van der Waals surface area contributed by atoms with Crippen molar-refractivity contribution in [2.24, 2.45) is 0 Å². The second kappa shape index (κ2) is 4.93. The van der Waals surface area contributed by atoms with Gasteiger partial charge in [-0.3, -0.25) is 14.7 Å². The van der Waals surface area contributed by atoms with Gasteiger partial charge in [0.2, 0.25) is 11.8 Å². The Morgan fingerprint density at radius 3 is 3.21 bits per heavy atom. The van der Waals surface area contributed by atoms with E-state index in [2.05, 4.69) is 20.8 Å². The highest BCUT2D eigenvalue weighted by atomic mass is 32.2. The summed E-state index contributed by atoms with van der Waals surface area (Å²) in [6, 6.07) is 5.04. The van der Waals surface area contributed by atoms with Gasteiger partial charge in [-0.25, -0.2) is 0 Å². The summed E-state index contributed by atoms with van der Waals surface area (Å²) in [6.07, 6.45) is 1.72. The number of amides is 2. The third kappa shape index (κ3) is 2.55. The molecule has 0 aliphatic carbocycles. The summed E-state index contributed by atoms with van der Waals surface area (Å²) in [6.45, 7) is 0. The molecule has 1 unspecified atom stereocenters. The molecule has 0 spiro atoms. The van der Waals surface area contributed by atoms with Gasteiger partial charge in [0.1, 0.15) is 6.04 Å². The first kappa shape index (κ1) is 12.0. The molecule has 0 saturated carbocycles. The van der Waals surface area contributed by atoms with Crippen LogP contribution < -0.4 is 10.6 Å². The number of H-pyrrole nitrogens is 1. The normalized spacial score (nSPS) is 19.2. The molecule has 6 nitrogen and oxygen atoms in total. The van der Waals surface area contributed by atoms with Crippen LogP contribution in [0.4, 0.5) is 5.69 Å². The van der Waals surface area contributed by atoms with E-state index in [9.17, 15) is 9.59 Å². The summed E-state index contributed by atoms with van der Waals surface area (Å²) in [4.78, 5) is 23.3. The Kier molecular flexibility index (Phi) is 3.12. The third-order valence-corrected chi connectivity index (χ3v) is 3.91. The molecule has 0 bridgehead atoms. The van der Waals surface area contributed by atoms with Crippen molar-refractivity contribution in [3.8, 4) is 0 Å². The summed E-state index contributed by atoms with van der Waals surface area (Å²) in [5, 5.41) is 13.2. The first-order chi connectivity index (χ1) is 9.22. The van der Waals surface area contributed by atoms with Gasteiger partial charge in [0.05, 0.1) is 17.5 Å². The summed E-state index contributed by atoms with van der Waals surface area (Å²) >= 11 is 1.46. The summed E-state index contributed by atoms with van der Waals surface area (Å²) in [5.41, 5.74) is 1.55. The van der Waals surface area contributed by atoms with Crippen LogP contribution in [0.2, 0.25) is 0 Å². The van der Waals surface area contributed by atoms with E-state index < -0.39 is 6.04 Å². The van der Waals surface area contributed by atoms with Crippen LogP contribution in [-0.2, 0) is 9.59 Å². The lowest BCUT2D eigenvalue weighted by molar-refractivity contribution is -0.124. The van der Waals surface area contributed by atoms with Gasteiger partial charge in [-0.1, -0.05) is 0 Å². The zero-order valence-corrected chi connectivity index (χ0v) is 10.8. The molecule has 7 heteroatoms. The fraction of sp³-hybridized carbons (Fsp3) is 0.250. The number of hydrogen-bond acceptors (Lipinski definition) is 4. The molecule has 19 heavy (non-hydrogen) atoms. The number of fused-ring (bicyclic) bond motifs is 1. The van der Waals surface area contributed by atoms with Crippen LogP contribution >= 0.6 is 11.8 Å². The van der Waals surface area contributed by atoms with E-state index in [0.29, 0.717) is 17.2 Å². The maximum absolute atomic E-state index is 12.0. The van der Waals surface area contributed by atoms with Crippen LogP contribution in [0, 0.1) is 0 Å². The Morgan fingerprint density at radius 2 is 2.37 bits per heavy atom. The topological polar surface area (TPSA) is 86.9 Å². The van der Waals surface area contributed by atoms with E-state index in [1.807, 2.05) is 18.2 Å². The second-order valence-electron chi connectivity index (χ2n) is 4.30. The average molecular weight is 276 g/mol. The van der Waals surface area contributed by atoms with Gasteiger partial charge in [-0.2, -0.15) is 5.10 Å². The lowest BCUT2D eigenvalue weighted by Crippen LogP contribution is -2.49. The predicted octanol–water partition coefficient (Wildman–Crippen LogP) is 0.733. The Morgan fingerprint density at radius 1 is 1.47 bits per heavy atom. The van der Waals surface area contributed by atoms with Gasteiger partial charge >= 0.3 is 0 Å². The summed E-state index contributed by atoms with van der Waals surface area (Å²) in [7, 11) is 0. The Labute approximate surface area is 113 Å². The second-order valence-corrected chi connectivity index (χ2v) is 5.33. The van der Waals surface area contributed by atoms with Gasteiger partial charge in [0, 0.05) is 16.8 Å². The minimum absolute atomic E-state index is 0.0968. The number of thioether (sulfide) groups is 1. The van der Waals surface area contributed by atoms with Gasteiger partial charge in [-0.05, 0) is 18.2 Å². The molecule has 1 atom stereocenters. The standard InChI is InChI=1S/C12H12N4O2S/c17-11-6-19-5-10(15-11)12(18)14-8-2-1-7-4-13-16-9(7)3-8/h1-4,10H,5-6H2,(H,13,16)(H,14,18)(H,15,17). The van der Waals surface area contributed by atoms with Crippen LogP contribution in [0.25, 0.3) is 10.9 Å². The molecule has 3 rings (SSSR count). The minimum atomic E-state index is -0.469. The van der Waals surface area contributed by atoms with Gasteiger partial charge < -0.3 is 10.6 Å². The monoisotopic (exact) mass is 276 g/mol. The fourth-order valence-corrected chi connectivity index (χ4v) is 2.79. The number of aromatic amines is 1. The zero-order chi connectivity index (χ0) is 13.2. The molecule has 1 aliphatic heterocycles. The van der Waals surface area contributed by atoms with Gasteiger partial charge in [-0.15, -0.1) is 11.8 Å². The quantitative estimate of drug-likeness (QED) is 0.755. The predicted molar refractivity (Wildman–Crippen MR) is 74.0 cm³/mol. The van der Waals surface area contributed by atoms with Crippen molar-refractivity contribution in [3.63, 3.8) is 0 Å². The number of benzene rings is 1. The molecule has 1 fully saturated rings. The third-order valence-electron chi connectivity index (χ3n) is 2.88. The van der Waals surface area contributed by atoms with Crippen molar-refractivity contribution in [2.45, 2.75) is 6.04 Å². The van der Waals surface area contributed by atoms with Crippen LogP contribution in [0.15, 0.2) is 24.4 Å². The molecule has 1 aliphatic rings. The molecule has 1 aromatic carbocycles. The maximum atomic E-state index is 12.0.